The summed E-state index contributed by atoms with van der Waals surface area (Å²) in [7, 11) is 0. The second-order valence-electron chi connectivity index (χ2n) is 5.44. The molecule has 20 heavy (non-hydrogen) atoms. The zero-order valence-corrected chi connectivity index (χ0v) is 12.1. The van der Waals surface area contributed by atoms with E-state index in [-0.39, 0.29) is 18.0 Å². The van der Waals surface area contributed by atoms with Crippen LogP contribution < -0.4 is 4.90 Å². The summed E-state index contributed by atoms with van der Waals surface area (Å²) in [5.74, 6) is 0.419. The minimum absolute atomic E-state index is 0.115. The molecule has 0 bridgehead atoms. The molecule has 3 amide bonds. The van der Waals surface area contributed by atoms with Gasteiger partial charge in [-0.2, -0.15) is 0 Å². The maximum absolute atomic E-state index is 12.5. The Morgan fingerprint density at radius 2 is 2.15 bits per heavy atom. The third kappa shape index (κ3) is 2.08. The largest absolute Gasteiger partial charge is 0.332 e. The van der Waals surface area contributed by atoms with Crippen LogP contribution in [0.4, 0.5) is 10.5 Å². The summed E-state index contributed by atoms with van der Waals surface area (Å²) >= 11 is 5.95. The van der Waals surface area contributed by atoms with Crippen molar-refractivity contribution in [2.24, 2.45) is 5.92 Å². The maximum atomic E-state index is 12.5. The summed E-state index contributed by atoms with van der Waals surface area (Å²) in [4.78, 5) is 28.0. The Balaban J connectivity index is 1.91. The van der Waals surface area contributed by atoms with Crippen molar-refractivity contribution in [3.63, 3.8) is 0 Å². The number of anilines is 1. The van der Waals surface area contributed by atoms with Crippen LogP contribution in [0.2, 0.25) is 5.02 Å². The Kier molecular flexibility index (Phi) is 3.42. The standard InChI is InChI=1S/C15H17ClN2O2/c1-2-10-6-7-17-13(8-10)14(19)18(15(17)20)12-5-3-4-11(16)9-12/h3-5,9-10,13H,2,6-8H2,1H3. The molecule has 0 spiro atoms. The molecule has 0 N–H and O–H groups in total. The smallest absolute Gasteiger partial charge is 0.312 e. The van der Waals surface area contributed by atoms with Crippen molar-refractivity contribution in [1.82, 2.24) is 4.90 Å². The van der Waals surface area contributed by atoms with Crippen molar-refractivity contribution < 1.29 is 9.59 Å². The van der Waals surface area contributed by atoms with Crippen molar-refractivity contribution in [3.05, 3.63) is 29.3 Å². The lowest BCUT2D eigenvalue weighted by Gasteiger charge is -2.31. The van der Waals surface area contributed by atoms with E-state index in [0.717, 1.165) is 19.3 Å². The summed E-state index contributed by atoms with van der Waals surface area (Å²) in [6.07, 6.45) is 2.82. The van der Waals surface area contributed by atoms with Crippen molar-refractivity contribution in [2.45, 2.75) is 32.2 Å². The fourth-order valence-electron chi connectivity index (χ4n) is 3.10. The molecular weight excluding hydrogens is 276 g/mol. The number of piperidine rings is 1. The molecule has 2 saturated heterocycles. The van der Waals surface area contributed by atoms with Gasteiger partial charge in [0, 0.05) is 11.6 Å². The number of rotatable bonds is 2. The minimum Gasteiger partial charge on any atom is -0.312 e. The van der Waals surface area contributed by atoms with Crippen LogP contribution in [-0.4, -0.2) is 29.4 Å². The van der Waals surface area contributed by atoms with E-state index >= 15 is 0 Å². The van der Waals surface area contributed by atoms with Gasteiger partial charge in [-0.25, -0.2) is 9.69 Å². The molecular formula is C15H17ClN2O2. The first-order valence-electron chi connectivity index (χ1n) is 7.02. The molecule has 3 rings (SSSR count). The summed E-state index contributed by atoms with van der Waals surface area (Å²) < 4.78 is 0. The fourth-order valence-corrected chi connectivity index (χ4v) is 3.28. The zero-order valence-electron chi connectivity index (χ0n) is 11.4. The highest BCUT2D eigenvalue weighted by atomic mass is 35.5. The van der Waals surface area contributed by atoms with Crippen molar-refractivity contribution >= 4 is 29.2 Å². The lowest BCUT2D eigenvalue weighted by atomic mass is 9.89. The lowest BCUT2D eigenvalue weighted by Crippen LogP contribution is -2.42. The van der Waals surface area contributed by atoms with E-state index in [1.807, 2.05) is 0 Å². The summed E-state index contributed by atoms with van der Waals surface area (Å²) in [6, 6.07) is 6.39. The molecule has 2 fully saturated rings. The average Bonchev–Trinajstić information content (AvgIpc) is 2.70. The number of nitrogens with zero attached hydrogens (tertiary/aromatic N) is 2. The number of benzene rings is 1. The van der Waals surface area contributed by atoms with Crippen LogP contribution in [0.1, 0.15) is 26.2 Å². The van der Waals surface area contributed by atoms with E-state index in [9.17, 15) is 9.59 Å². The minimum atomic E-state index is -0.291. The maximum Gasteiger partial charge on any atom is 0.332 e. The van der Waals surface area contributed by atoms with E-state index < -0.39 is 0 Å². The van der Waals surface area contributed by atoms with Crippen LogP contribution in [0.15, 0.2) is 24.3 Å². The molecule has 0 radical (unpaired) electrons. The van der Waals surface area contributed by atoms with Gasteiger partial charge in [0.25, 0.3) is 5.91 Å². The Morgan fingerprint density at radius 3 is 2.85 bits per heavy atom. The van der Waals surface area contributed by atoms with E-state index in [2.05, 4.69) is 6.92 Å². The molecule has 1 aromatic carbocycles. The number of halogens is 1. The van der Waals surface area contributed by atoms with Gasteiger partial charge in [0.15, 0.2) is 0 Å². The van der Waals surface area contributed by atoms with Crippen molar-refractivity contribution in [3.8, 4) is 0 Å². The molecule has 0 saturated carbocycles. The van der Waals surface area contributed by atoms with Crippen LogP contribution in [0.3, 0.4) is 0 Å². The van der Waals surface area contributed by atoms with Crippen molar-refractivity contribution in [1.29, 1.82) is 0 Å². The number of hydrogen-bond donors (Lipinski definition) is 0. The molecule has 2 aliphatic heterocycles. The predicted octanol–water partition coefficient (Wildman–Crippen LogP) is 3.30. The Morgan fingerprint density at radius 1 is 1.35 bits per heavy atom. The number of fused-ring (bicyclic) bond motifs is 1. The number of carbonyl (C=O) groups excluding carboxylic acids is 2. The van der Waals surface area contributed by atoms with Crippen LogP contribution in [0.5, 0.6) is 0 Å². The second-order valence-corrected chi connectivity index (χ2v) is 5.88. The molecule has 4 nitrogen and oxygen atoms in total. The first-order chi connectivity index (χ1) is 9.61. The molecule has 2 atom stereocenters. The van der Waals surface area contributed by atoms with Crippen LogP contribution in [-0.2, 0) is 4.79 Å². The van der Waals surface area contributed by atoms with Gasteiger partial charge in [0.05, 0.1) is 5.69 Å². The van der Waals surface area contributed by atoms with Crippen LogP contribution in [0.25, 0.3) is 0 Å². The number of imide groups is 1. The molecule has 1 aromatic rings. The van der Waals surface area contributed by atoms with Gasteiger partial charge >= 0.3 is 6.03 Å². The highest BCUT2D eigenvalue weighted by molar-refractivity contribution is 6.31. The van der Waals surface area contributed by atoms with E-state index in [1.54, 1.807) is 29.2 Å². The zero-order chi connectivity index (χ0) is 14.3. The molecule has 0 aromatic heterocycles. The number of hydrogen-bond acceptors (Lipinski definition) is 2. The normalized spacial score (nSPS) is 26.1. The average molecular weight is 293 g/mol. The van der Waals surface area contributed by atoms with Crippen LogP contribution in [0, 0.1) is 5.92 Å². The number of carbonyl (C=O) groups is 2. The topological polar surface area (TPSA) is 40.6 Å². The molecule has 5 heteroatoms. The predicted molar refractivity (Wildman–Crippen MR) is 77.8 cm³/mol. The number of urea groups is 1. The first-order valence-corrected chi connectivity index (χ1v) is 7.39. The summed E-state index contributed by atoms with van der Waals surface area (Å²) in [5, 5.41) is 0.527. The Bertz CT molecular complexity index is 561. The molecule has 106 valence electrons. The number of amides is 3. The fraction of sp³-hybridized carbons (Fsp3) is 0.467. The van der Waals surface area contributed by atoms with Gasteiger partial charge in [0.1, 0.15) is 6.04 Å². The monoisotopic (exact) mass is 292 g/mol. The SMILES string of the molecule is CCC1CCN2C(=O)N(c3cccc(Cl)c3)C(=O)C2C1. The van der Waals surface area contributed by atoms with E-state index in [1.165, 1.54) is 4.90 Å². The Labute approximate surface area is 123 Å². The van der Waals surface area contributed by atoms with E-state index in [0.29, 0.717) is 23.2 Å². The highest BCUT2D eigenvalue weighted by Gasteiger charge is 2.48. The molecule has 2 heterocycles. The molecule has 2 unspecified atom stereocenters. The summed E-state index contributed by atoms with van der Waals surface area (Å²) in [5.41, 5.74) is 0.565. The second kappa shape index (κ2) is 5.09. The van der Waals surface area contributed by atoms with Crippen molar-refractivity contribution in [2.75, 3.05) is 11.4 Å². The van der Waals surface area contributed by atoms with Gasteiger partial charge in [-0.05, 0) is 37.0 Å². The highest BCUT2D eigenvalue weighted by Crippen LogP contribution is 2.34. The molecule has 0 aliphatic carbocycles. The quantitative estimate of drug-likeness (QED) is 0.785. The first kappa shape index (κ1) is 13.4. The van der Waals surface area contributed by atoms with E-state index in [4.69, 9.17) is 11.6 Å². The third-order valence-corrected chi connectivity index (χ3v) is 4.53. The van der Waals surface area contributed by atoms with Gasteiger partial charge in [-0.1, -0.05) is 31.0 Å². The van der Waals surface area contributed by atoms with Crippen LogP contribution >= 0.6 is 11.6 Å². The third-order valence-electron chi connectivity index (χ3n) is 4.30. The lowest BCUT2D eigenvalue weighted by molar-refractivity contribution is -0.120. The Hall–Kier alpha value is -1.55. The van der Waals surface area contributed by atoms with Gasteiger partial charge in [0.2, 0.25) is 0 Å². The summed E-state index contributed by atoms with van der Waals surface area (Å²) in [6.45, 7) is 2.81. The van der Waals surface area contributed by atoms with Gasteiger partial charge < -0.3 is 4.90 Å². The molecule has 2 aliphatic rings. The van der Waals surface area contributed by atoms with Gasteiger partial charge in [-0.15, -0.1) is 0 Å². The van der Waals surface area contributed by atoms with Gasteiger partial charge in [-0.3, -0.25) is 4.79 Å².